The first-order valence-corrected chi connectivity index (χ1v) is 10.8. The predicted molar refractivity (Wildman–Crippen MR) is 118 cm³/mol. The van der Waals surface area contributed by atoms with Gasteiger partial charge in [-0.1, -0.05) is 17.7 Å². The van der Waals surface area contributed by atoms with Crippen LogP contribution in [-0.4, -0.2) is 69.4 Å². The monoisotopic (exact) mass is 407 g/mol. The van der Waals surface area contributed by atoms with Gasteiger partial charge in [-0.05, 0) is 45.9 Å². The van der Waals surface area contributed by atoms with Crippen molar-refractivity contribution in [2.24, 2.45) is 4.99 Å². The molecule has 0 aliphatic carbocycles. The molecule has 3 rings (SSSR count). The zero-order valence-corrected chi connectivity index (χ0v) is 18.2. The summed E-state index contributed by atoms with van der Waals surface area (Å²) < 4.78 is 5.88. The molecular weight excluding hydrogens is 374 g/mol. The summed E-state index contributed by atoms with van der Waals surface area (Å²) in [5.74, 6) is 0.809. The van der Waals surface area contributed by atoms with E-state index < -0.39 is 0 Å². The number of rotatable bonds is 6. The van der Waals surface area contributed by atoms with Crippen LogP contribution >= 0.6 is 11.6 Å². The van der Waals surface area contributed by atoms with E-state index in [9.17, 15) is 0 Å². The highest BCUT2D eigenvalue weighted by Crippen LogP contribution is 2.29. The standard InChI is InChI=1S/C21H34ClN5O/c1-4-23-20(25-16-21(2)9-6-14-28-21)24-15-17-18(22)7-5-8-19(17)27-12-10-26(3)11-13-27/h5,7-8H,4,6,9-16H2,1-3H3,(H2,23,24,25). The van der Waals surface area contributed by atoms with E-state index in [1.807, 2.05) is 12.1 Å². The van der Waals surface area contributed by atoms with Gasteiger partial charge in [-0.2, -0.15) is 0 Å². The van der Waals surface area contributed by atoms with Gasteiger partial charge in [-0.25, -0.2) is 4.99 Å². The molecular formula is C21H34ClN5O. The second kappa shape index (κ2) is 9.81. The molecule has 0 amide bonds. The molecule has 0 bridgehead atoms. The van der Waals surface area contributed by atoms with E-state index in [2.05, 4.69) is 47.4 Å². The molecule has 2 aliphatic heterocycles. The topological polar surface area (TPSA) is 52.1 Å². The van der Waals surface area contributed by atoms with E-state index >= 15 is 0 Å². The Morgan fingerprint density at radius 1 is 1.25 bits per heavy atom. The Balaban J connectivity index is 1.71. The van der Waals surface area contributed by atoms with Crippen LogP contribution in [0.5, 0.6) is 0 Å². The van der Waals surface area contributed by atoms with Crippen molar-refractivity contribution in [3.05, 3.63) is 28.8 Å². The summed E-state index contributed by atoms with van der Waals surface area (Å²) in [7, 11) is 2.17. The number of hydrogen-bond acceptors (Lipinski definition) is 4. The number of piperazine rings is 1. The molecule has 28 heavy (non-hydrogen) atoms. The van der Waals surface area contributed by atoms with Gasteiger partial charge in [-0.15, -0.1) is 0 Å². The highest BCUT2D eigenvalue weighted by atomic mass is 35.5. The van der Waals surface area contributed by atoms with E-state index in [1.54, 1.807) is 0 Å². The zero-order valence-electron chi connectivity index (χ0n) is 17.4. The molecule has 1 aromatic rings. The van der Waals surface area contributed by atoms with Crippen molar-refractivity contribution in [1.82, 2.24) is 15.5 Å². The van der Waals surface area contributed by atoms with Crippen LogP contribution in [0.4, 0.5) is 5.69 Å². The maximum Gasteiger partial charge on any atom is 0.191 e. The van der Waals surface area contributed by atoms with E-state index in [0.717, 1.165) is 75.3 Å². The number of anilines is 1. The van der Waals surface area contributed by atoms with Gasteiger partial charge in [-0.3, -0.25) is 0 Å². The minimum absolute atomic E-state index is 0.106. The number of nitrogens with zero attached hydrogens (tertiary/aromatic N) is 3. The van der Waals surface area contributed by atoms with Crippen LogP contribution in [0.2, 0.25) is 5.02 Å². The molecule has 1 atom stereocenters. The number of likely N-dealkylation sites (N-methyl/N-ethyl adjacent to an activating group) is 1. The van der Waals surface area contributed by atoms with E-state index in [4.69, 9.17) is 21.3 Å². The van der Waals surface area contributed by atoms with Crippen molar-refractivity contribution < 1.29 is 4.74 Å². The highest BCUT2D eigenvalue weighted by molar-refractivity contribution is 6.31. The maximum atomic E-state index is 6.57. The lowest BCUT2D eigenvalue weighted by Gasteiger charge is -2.35. The molecule has 2 heterocycles. The van der Waals surface area contributed by atoms with Gasteiger partial charge < -0.3 is 25.2 Å². The lowest BCUT2D eigenvalue weighted by Crippen LogP contribution is -2.45. The molecule has 0 aromatic heterocycles. The largest absolute Gasteiger partial charge is 0.373 e. The second-order valence-corrected chi connectivity index (χ2v) is 8.39. The molecule has 1 unspecified atom stereocenters. The Hall–Kier alpha value is -1.50. The van der Waals surface area contributed by atoms with Crippen LogP contribution in [0.25, 0.3) is 0 Å². The van der Waals surface area contributed by atoms with E-state index in [-0.39, 0.29) is 5.60 Å². The van der Waals surface area contributed by atoms with Crippen molar-refractivity contribution in [2.45, 2.75) is 38.8 Å². The molecule has 156 valence electrons. The van der Waals surface area contributed by atoms with Crippen molar-refractivity contribution in [2.75, 3.05) is 57.8 Å². The minimum atomic E-state index is -0.106. The first kappa shape index (κ1) is 21.2. The fourth-order valence-corrected chi connectivity index (χ4v) is 4.02. The molecule has 1 aromatic carbocycles. The van der Waals surface area contributed by atoms with Crippen molar-refractivity contribution >= 4 is 23.2 Å². The number of aliphatic imine (C=N–C) groups is 1. The van der Waals surface area contributed by atoms with Gasteiger partial charge in [0.15, 0.2) is 5.96 Å². The summed E-state index contributed by atoms with van der Waals surface area (Å²) in [6, 6.07) is 6.15. The molecule has 0 saturated carbocycles. The Bertz CT molecular complexity index is 667. The lowest BCUT2D eigenvalue weighted by atomic mass is 10.0. The molecule has 2 aliphatic rings. The van der Waals surface area contributed by atoms with Crippen molar-refractivity contribution in [3.63, 3.8) is 0 Å². The van der Waals surface area contributed by atoms with Gasteiger partial charge in [0.2, 0.25) is 0 Å². The fourth-order valence-electron chi connectivity index (χ4n) is 3.79. The van der Waals surface area contributed by atoms with Crippen LogP contribution in [0, 0.1) is 0 Å². The quantitative estimate of drug-likeness (QED) is 0.561. The summed E-state index contributed by atoms with van der Waals surface area (Å²) >= 11 is 6.57. The van der Waals surface area contributed by atoms with Gasteiger partial charge in [0.05, 0.1) is 12.1 Å². The SMILES string of the molecule is CCNC(=NCc1c(Cl)cccc1N1CCN(C)CC1)NCC1(C)CCCO1. The van der Waals surface area contributed by atoms with Crippen molar-refractivity contribution in [3.8, 4) is 0 Å². The molecule has 7 heteroatoms. The predicted octanol–water partition coefficient (Wildman–Crippen LogP) is 2.72. The van der Waals surface area contributed by atoms with Crippen LogP contribution in [0.1, 0.15) is 32.3 Å². The third-order valence-corrected chi connectivity index (χ3v) is 5.96. The summed E-state index contributed by atoms with van der Waals surface area (Å²) in [5, 5.41) is 7.57. The number of guanidine groups is 1. The first-order chi connectivity index (χ1) is 13.5. The number of nitrogens with one attached hydrogen (secondary N) is 2. The smallest absolute Gasteiger partial charge is 0.191 e. The van der Waals surface area contributed by atoms with Crippen molar-refractivity contribution in [1.29, 1.82) is 0 Å². The normalized spacial score (nSPS) is 23.9. The molecule has 0 radical (unpaired) electrons. The molecule has 0 spiro atoms. The van der Waals surface area contributed by atoms with Crippen LogP contribution in [0.15, 0.2) is 23.2 Å². The second-order valence-electron chi connectivity index (χ2n) is 7.98. The van der Waals surface area contributed by atoms with Crippen LogP contribution in [0.3, 0.4) is 0 Å². The summed E-state index contributed by atoms with van der Waals surface area (Å²) in [5.41, 5.74) is 2.19. The third kappa shape index (κ3) is 5.52. The average Bonchev–Trinajstić information content (AvgIpc) is 3.12. The van der Waals surface area contributed by atoms with Crippen LogP contribution in [-0.2, 0) is 11.3 Å². The summed E-state index contributed by atoms with van der Waals surface area (Å²) in [6.07, 6.45) is 2.21. The van der Waals surface area contributed by atoms with E-state index in [0.29, 0.717) is 6.54 Å². The summed E-state index contributed by atoms with van der Waals surface area (Å²) in [6.45, 7) is 11.4. The Kier molecular flexibility index (Phi) is 7.43. The summed E-state index contributed by atoms with van der Waals surface area (Å²) in [4.78, 5) is 9.60. The third-order valence-electron chi connectivity index (χ3n) is 5.61. The number of halogens is 1. The van der Waals surface area contributed by atoms with E-state index in [1.165, 1.54) is 5.69 Å². The molecule has 6 nitrogen and oxygen atoms in total. The van der Waals surface area contributed by atoms with Gasteiger partial charge in [0.25, 0.3) is 0 Å². The highest BCUT2D eigenvalue weighted by Gasteiger charge is 2.29. The number of ether oxygens (including phenoxy) is 1. The fraction of sp³-hybridized carbons (Fsp3) is 0.667. The van der Waals surface area contributed by atoms with Gasteiger partial charge in [0.1, 0.15) is 0 Å². The molecule has 2 fully saturated rings. The van der Waals surface area contributed by atoms with Gasteiger partial charge in [0, 0.05) is 62.1 Å². The molecule has 2 saturated heterocycles. The van der Waals surface area contributed by atoms with Gasteiger partial charge >= 0.3 is 0 Å². The Morgan fingerprint density at radius 3 is 2.71 bits per heavy atom. The zero-order chi connectivity index (χ0) is 20.0. The average molecular weight is 408 g/mol. The number of benzene rings is 1. The maximum absolute atomic E-state index is 6.57. The molecule has 2 N–H and O–H groups in total. The lowest BCUT2D eigenvalue weighted by molar-refractivity contribution is 0.0243. The van der Waals surface area contributed by atoms with Crippen LogP contribution < -0.4 is 15.5 Å². The minimum Gasteiger partial charge on any atom is -0.373 e. The Morgan fingerprint density at radius 2 is 2.04 bits per heavy atom. The first-order valence-electron chi connectivity index (χ1n) is 10.4. The Labute approximate surface area is 174 Å². The number of hydrogen-bond donors (Lipinski definition) is 2.